The number of hydrogen-bond acceptors (Lipinski definition) is 5. The van der Waals surface area contributed by atoms with Gasteiger partial charge in [0.15, 0.2) is 5.82 Å². The molecule has 3 aromatic heterocycles. The van der Waals surface area contributed by atoms with Crippen molar-refractivity contribution in [2.45, 2.75) is 19.9 Å². The van der Waals surface area contributed by atoms with Crippen LogP contribution in [-0.2, 0) is 0 Å². The second-order valence-electron chi connectivity index (χ2n) is 6.37. The number of hydrogen-bond donors (Lipinski definition) is 1. The molecule has 0 saturated carbocycles. The molecule has 4 rings (SSSR count). The van der Waals surface area contributed by atoms with Gasteiger partial charge in [-0.15, -0.1) is 10.2 Å². The van der Waals surface area contributed by atoms with Gasteiger partial charge >= 0.3 is 0 Å². The van der Waals surface area contributed by atoms with E-state index >= 15 is 0 Å². The standard InChI is InChI=1S/C19H18N6O/c1-12(2)25-11-21-23-18(25)16-4-3-5-17(22-16)24-9-8-13-6-7-14(20)10-15(13)19(24)26/h3-12H,20H2,1-2H3. The lowest BCUT2D eigenvalue weighted by atomic mass is 10.1. The van der Waals surface area contributed by atoms with Crippen molar-refractivity contribution in [3.63, 3.8) is 0 Å². The van der Waals surface area contributed by atoms with Gasteiger partial charge in [-0.05, 0) is 49.6 Å². The summed E-state index contributed by atoms with van der Waals surface area (Å²) in [5.74, 6) is 1.19. The number of rotatable bonds is 3. The second kappa shape index (κ2) is 6.11. The zero-order valence-corrected chi connectivity index (χ0v) is 14.5. The molecule has 7 nitrogen and oxygen atoms in total. The van der Waals surface area contributed by atoms with Crippen molar-refractivity contribution < 1.29 is 0 Å². The molecule has 0 bridgehead atoms. The van der Waals surface area contributed by atoms with E-state index in [9.17, 15) is 4.79 Å². The van der Waals surface area contributed by atoms with Crippen molar-refractivity contribution >= 4 is 16.5 Å². The van der Waals surface area contributed by atoms with Crippen LogP contribution >= 0.6 is 0 Å². The Hall–Kier alpha value is -3.48. The number of nitrogens with zero attached hydrogens (tertiary/aromatic N) is 5. The first kappa shape index (κ1) is 16.0. The SMILES string of the molecule is CC(C)n1cnnc1-c1cccc(-n2ccc3ccc(N)cc3c2=O)n1. The van der Waals surface area contributed by atoms with Crippen LogP contribution in [-0.4, -0.2) is 24.3 Å². The number of aromatic nitrogens is 5. The van der Waals surface area contributed by atoms with E-state index in [-0.39, 0.29) is 11.6 Å². The van der Waals surface area contributed by atoms with Gasteiger partial charge in [0.05, 0.1) is 0 Å². The van der Waals surface area contributed by atoms with E-state index in [0.29, 0.717) is 28.4 Å². The number of nitrogen functional groups attached to an aromatic ring is 1. The summed E-state index contributed by atoms with van der Waals surface area (Å²) in [5.41, 5.74) is 6.89. The Morgan fingerprint density at radius 2 is 1.96 bits per heavy atom. The highest BCUT2D eigenvalue weighted by molar-refractivity contribution is 5.84. The van der Waals surface area contributed by atoms with Crippen molar-refractivity contribution in [2.24, 2.45) is 0 Å². The molecule has 0 radical (unpaired) electrons. The number of anilines is 1. The molecule has 0 spiro atoms. The lowest BCUT2D eigenvalue weighted by molar-refractivity contribution is 0.603. The molecule has 0 aliphatic carbocycles. The highest BCUT2D eigenvalue weighted by atomic mass is 16.1. The van der Waals surface area contributed by atoms with Crippen LogP contribution in [0.2, 0.25) is 0 Å². The summed E-state index contributed by atoms with van der Waals surface area (Å²) in [6.07, 6.45) is 3.40. The van der Waals surface area contributed by atoms with Gasteiger partial charge in [-0.3, -0.25) is 9.36 Å². The third-order valence-electron chi connectivity index (χ3n) is 4.27. The van der Waals surface area contributed by atoms with Crippen LogP contribution in [0.4, 0.5) is 5.69 Å². The van der Waals surface area contributed by atoms with Crippen molar-refractivity contribution in [1.29, 1.82) is 0 Å². The average Bonchev–Trinajstić information content (AvgIpc) is 3.13. The van der Waals surface area contributed by atoms with Crippen LogP contribution in [0.1, 0.15) is 19.9 Å². The van der Waals surface area contributed by atoms with Crippen molar-refractivity contribution in [2.75, 3.05) is 5.73 Å². The molecule has 0 amide bonds. The highest BCUT2D eigenvalue weighted by Crippen LogP contribution is 2.20. The maximum atomic E-state index is 12.9. The number of pyridine rings is 2. The van der Waals surface area contributed by atoms with Crippen LogP contribution in [0.25, 0.3) is 28.1 Å². The highest BCUT2D eigenvalue weighted by Gasteiger charge is 2.13. The molecule has 0 unspecified atom stereocenters. The molecular formula is C19H18N6O. The Morgan fingerprint density at radius 1 is 1.12 bits per heavy atom. The van der Waals surface area contributed by atoms with E-state index in [1.165, 1.54) is 4.57 Å². The molecule has 26 heavy (non-hydrogen) atoms. The molecule has 0 aliphatic heterocycles. The van der Waals surface area contributed by atoms with Crippen LogP contribution < -0.4 is 11.3 Å². The average molecular weight is 346 g/mol. The Bertz CT molecular complexity index is 1160. The largest absolute Gasteiger partial charge is 0.399 e. The van der Waals surface area contributed by atoms with Gasteiger partial charge in [0.1, 0.15) is 17.8 Å². The molecular weight excluding hydrogens is 328 g/mol. The van der Waals surface area contributed by atoms with E-state index in [2.05, 4.69) is 29.0 Å². The molecule has 2 N–H and O–H groups in total. The van der Waals surface area contributed by atoms with Crippen LogP contribution in [0, 0.1) is 0 Å². The van der Waals surface area contributed by atoms with Gasteiger partial charge in [0.2, 0.25) is 0 Å². The summed E-state index contributed by atoms with van der Waals surface area (Å²) in [5, 5.41) is 9.56. The number of fused-ring (bicyclic) bond motifs is 1. The Balaban J connectivity index is 1.87. The first-order valence-corrected chi connectivity index (χ1v) is 8.33. The summed E-state index contributed by atoms with van der Waals surface area (Å²) in [6, 6.07) is 12.9. The quantitative estimate of drug-likeness (QED) is 0.576. The molecule has 1 aromatic carbocycles. The van der Waals surface area contributed by atoms with Crippen LogP contribution in [0.15, 0.2) is 59.8 Å². The third kappa shape index (κ3) is 2.63. The van der Waals surface area contributed by atoms with E-state index in [1.807, 2.05) is 28.8 Å². The molecule has 0 saturated heterocycles. The summed E-state index contributed by atoms with van der Waals surface area (Å²) in [7, 11) is 0. The number of benzene rings is 1. The fourth-order valence-corrected chi connectivity index (χ4v) is 2.92. The fraction of sp³-hybridized carbons (Fsp3) is 0.158. The smallest absolute Gasteiger partial charge is 0.264 e. The van der Waals surface area contributed by atoms with E-state index in [1.54, 1.807) is 30.7 Å². The maximum Gasteiger partial charge on any atom is 0.264 e. The zero-order chi connectivity index (χ0) is 18.3. The third-order valence-corrected chi connectivity index (χ3v) is 4.27. The fourth-order valence-electron chi connectivity index (χ4n) is 2.92. The van der Waals surface area contributed by atoms with Gasteiger partial charge in [-0.25, -0.2) is 4.98 Å². The minimum absolute atomic E-state index is 0.162. The van der Waals surface area contributed by atoms with Crippen LogP contribution in [0.5, 0.6) is 0 Å². The lowest BCUT2D eigenvalue weighted by Gasteiger charge is -2.11. The van der Waals surface area contributed by atoms with Gasteiger partial charge in [0.25, 0.3) is 5.56 Å². The molecule has 3 heterocycles. The predicted molar refractivity (Wildman–Crippen MR) is 101 cm³/mol. The zero-order valence-electron chi connectivity index (χ0n) is 14.5. The van der Waals surface area contributed by atoms with Crippen LogP contribution in [0.3, 0.4) is 0 Å². The normalized spacial score (nSPS) is 11.3. The lowest BCUT2D eigenvalue weighted by Crippen LogP contribution is -2.19. The first-order valence-electron chi connectivity index (χ1n) is 8.33. The predicted octanol–water partition coefficient (Wildman–Crippen LogP) is 2.81. The van der Waals surface area contributed by atoms with Crippen molar-refractivity contribution in [3.8, 4) is 17.3 Å². The molecule has 130 valence electrons. The molecule has 0 atom stereocenters. The van der Waals surface area contributed by atoms with Crippen molar-refractivity contribution in [3.05, 3.63) is 65.3 Å². The van der Waals surface area contributed by atoms with E-state index in [0.717, 1.165) is 5.39 Å². The minimum atomic E-state index is -0.162. The summed E-state index contributed by atoms with van der Waals surface area (Å²) in [6.45, 7) is 4.10. The summed E-state index contributed by atoms with van der Waals surface area (Å²) < 4.78 is 3.46. The monoisotopic (exact) mass is 346 g/mol. The Labute approximate surface area is 149 Å². The van der Waals surface area contributed by atoms with Gasteiger partial charge in [-0.2, -0.15) is 0 Å². The van der Waals surface area contributed by atoms with Gasteiger partial charge in [0, 0.05) is 23.3 Å². The Morgan fingerprint density at radius 3 is 2.77 bits per heavy atom. The summed E-state index contributed by atoms with van der Waals surface area (Å²) in [4.78, 5) is 17.5. The molecule has 0 fully saturated rings. The first-order chi connectivity index (χ1) is 12.5. The maximum absolute atomic E-state index is 12.9. The van der Waals surface area contributed by atoms with E-state index < -0.39 is 0 Å². The summed E-state index contributed by atoms with van der Waals surface area (Å²) >= 11 is 0. The topological polar surface area (TPSA) is 91.6 Å². The van der Waals surface area contributed by atoms with E-state index in [4.69, 9.17) is 5.73 Å². The molecule has 0 aliphatic rings. The number of nitrogens with two attached hydrogens (primary N) is 1. The van der Waals surface area contributed by atoms with Crippen molar-refractivity contribution in [1.82, 2.24) is 24.3 Å². The Kier molecular flexibility index (Phi) is 3.76. The molecule has 4 aromatic rings. The van der Waals surface area contributed by atoms with Gasteiger partial charge in [-0.1, -0.05) is 12.1 Å². The second-order valence-corrected chi connectivity index (χ2v) is 6.37. The minimum Gasteiger partial charge on any atom is -0.399 e. The van der Waals surface area contributed by atoms with Gasteiger partial charge < -0.3 is 10.3 Å². The molecule has 7 heteroatoms.